The number of imide groups is 1. The Labute approximate surface area is 144 Å². The van der Waals surface area contributed by atoms with Gasteiger partial charge in [0.2, 0.25) is 0 Å². The summed E-state index contributed by atoms with van der Waals surface area (Å²) in [7, 11) is 0. The average Bonchev–Trinajstić information content (AvgIpc) is 2.90. The number of ether oxygens (including phenoxy) is 1. The molecule has 1 aromatic carbocycles. The molecule has 1 aromatic heterocycles. The van der Waals surface area contributed by atoms with Crippen LogP contribution >= 0.6 is 0 Å². The third-order valence-corrected chi connectivity index (χ3v) is 3.59. The number of hydrogen-bond donors (Lipinski definition) is 2. The summed E-state index contributed by atoms with van der Waals surface area (Å²) in [4.78, 5) is 28.8. The summed E-state index contributed by atoms with van der Waals surface area (Å²) in [5.41, 5.74) is 1.81. The lowest BCUT2D eigenvalue weighted by molar-refractivity contribution is -0.137. The van der Waals surface area contributed by atoms with Gasteiger partial charge in [0.1, 0.15) is 18.1 Å². The van der Waals surface area contributed by atoms with Crippen molar-refractivity contribution in [3.05, 3.63) is 66.1 Å². The lowest BCUT2D eigenvalue weighted by Crippen LogP contribution is -2.34. The molecule has 2 amide bonds. The largest absolute Gasteiger partial charge is 0.489 e. The minimum Gasteiger partial charge on any atom is -0.489 e. The van der Waals surface area contributed by atoms with E-state index in [4.69, 9.17) is 9.84 Å². The number of pyridine rings is 1. The third-order valence-electron chi connectivity index (χ3n) is 3.59. The fraction of sp³-hybridized carbons (Fsp3) is 0.167. The van der Waals surface area contributed by atoms with Crippen LogP contribution in [-0.4, -0.2) is 40.0 Å². The van der Waals surface area contributed by atoms with Crippen LogP contribution in [-0.2, 0) is 16.2 Å². The average molecular weight is 339 g/mol. The van der Waals surface area contributed by atoms with Crippen molar-refractivity contribution < 1.29 is 19.4 Å². The minimum absolute atomic E-state index is 0.0134. The van der Waals surface area contributed by atoms with Gasteiger partial charge in [-0.3, -0.25) is 19.5 Å². The number of benzene rings is 1. The van der Waals surface area contributed by atoms with E-state index in [0.29, 0.717) is 18.0 Å². The quantitative estimate of drug-likeness (QED) is 0.739. The van der Waals surface area contributed by atoms with Gasteiger partial charge in [0.15, 0.2) is 0 Å². The van der Waals surface area contributed by atoms with Gasteiger partial charge in [-0.15, -0.1) is 0 Å². The lowest BCUT2D eigenvalue weighted by Gasteiger charge is -2.13. The van der Waals surface area contributed by atoms with Gasteiger partial charge >= 0.3 is 0 Å². The molecule has 0 atom stereocenters. The topological polar surface area (TPSA) is 91.8 Å². The molecule has 0 bridgehead atoms. The Morgan fingerprint density at radius 1 is 1.16 bits per heavy atom. The molecule has 7 heteroatoms. The van der Waals surface area contributed by atoms with Crippen LogP contribution in [0, 0.1) is 0 Å². The monoisotopic (exact) mass is 339 g/mol. The number of anilines is 1. The second-order valence-corrected chi connectivity index (χ2v) is 5.38. The van der Waals surface area contributed by atoms with Crippen molar-refractivity contribution in [3.63, 3.8) is 0 Å². The van der Waals surface area contributed by atoms with E-state index in [9.17, 15) is 9.59 Å². The molecule has 1 aliphatic heterocycles. The van der Waals surface area contributed by atoms with E-state index in [0.717, 1.165) is 10.5 Å². The van der Waals surface area contributed by atoms with Crippen LogP contribution in [0.15, 0.2) is 60.6 Å². The van der Waals surface area contributed by atoms with Crippen LogP contribution in [0.4, 0.5) is 5.69 Å². The predicted molar refractivity (Wildman–Crippen MR) is 90.5 cm³/mol. The summed E-state index contributed by atoms with van der Waals surface area (Å²) in [6.07, 6.45) is 4.67. The molecule has 0 saturated heterocycles. The Balaban J connectivity index is 1.59. The Bertz CT molecular complexity index is 788. The summed E-state index contributed by atoms with van der Waals surface area (Å²) in [6, 6.07) is 10.8. The second-order valence-electron chi connectivity index (χ2n) is 5.38. The Morgan fingerprint density at radius 3 is 2.64 bits per heavy atom. The molecule has 0 fully saturated rings. The van der Waals surface area contributed by atoms with Gasteiger partial charge in [-0.1, -0.05) is 6.07 Å². The zero-order chi connectivity index (χ0) is 17.6. The first-order chi connectivity index (χ1) is 12.2. The molecular weight excluding hydrogens is 322 g/mol. The number of hydrogen-bond acceptors (Lipinski definition) is 6. The lowest BCUT2D eigenvalue weighted by atomic mass is 10.2. The first kappa shape index (κ1) is 16.7. The molecule has 128 valence electrons. The van der Waals surface area contributed by atoms with Gasteiger partial charge in [-0.2, -0.15) is 0 Å². The maximum absolute atomic E-state index is 12.1. The van der Waals surface area contributed by atoms with Gasteiger partial charge in [-0.05, 0) is 30.3 Å². The van der Waals surface area contributed by atoms with Crippen molar-refractivity contribution in [2.75, 3.05) is 18.5 Å². The number of nitrogens with one attached hydrogen (secondary N) is 1. The summed E-state index contributed by atoms with van der Waals surface area (Å²) in [5, 5.41) is 11.8. The Hall–Kier alpha value is -3.19. The fourth-order valence-electron chi connectivity index (χ4n) is 2.35. The molecule has 0 spiro atoms. The standard InChI is InChI=1S/C18H17N3O4/c22-9-8-21-17(23)10-16(18(21)24)20-14-3-5-15(6-4-14)25-12-13-2-1-7-19-11-13/h1-7,10-11,20,22H,8-9,12H2. The molecule has 3 rings (SSSR count). The predicted octanol–water partition coefficient (Wildman–Crippen LogP) is 1.32. The van der Waals surface area contributed by atoms with Gasteiger partial charge in [0, 0.05) is 29.7 Å². The second kappa shape index (κ2) is 7.59. The maximum atomic E-state index is 12.1. The normalized spacial score (nSPS) is 13.8. The molecule has 7 nitrogen and oxygen atoms in total. The zero-order valence-corrected chi connectivity index (χ0v) is 13.4. The number of β-amino-alcohol motifs (C(OH)–C–C–N with tert-alkyl or cyclic N) is 1. The van der Waals surface area contributed by atoms with Gasteiger partial charge < -0.3 is 15.2 Å². The Kier molecular flexibility index (Phi) is 5.06. The van der Waals surface area contributed by atoms with Crippen molar-refractivity contribution in [1.29, 1.82) is 0 Å². The summed E-state index contributed by atoms with van der Waals surface area (Å²) < 4.78 is 5.66. The van der Waals surface area contributed by atoms with E-state index in [1.807, 2.05) is 12.1 Å². The number of nitrogens with zero attached hydrogens (tertiary/aromatic N) is 2. The van der Waals surface area contributed by atoms with E-state index in [-0.39, 0.29) is 18.8 Å². The number of rotatable bonds is 7. The molecule has 25 heavy (non-hydrogen) atoms. The van der Waals surface area contributed by atoms with Crippen molar-refractivity contribution in [3.8, 4) is 5.75 Å². The molecule has 0 aliphatic carbocycles. The van der Waals surface area contributed by atoms with Gasteiger partial charge in [-0.25, -0.2) is 0 Å². The highest BCUT2D eigenvalue weighted by Crippen LogP contribution is 2.20. The van der Waals surface area contributed by atoms with Crippen LogP contribution in [0.2, 0.25) is 0 Å². The number of amides is 2. The van der Waals surface area contributed by atoms with Crippen LogP contribution in [0.25, 0.3) is 0 Å². The molecule has 2 aromatic rings. The van der Waals surface area contributed by atoms with Crippen LogP contribution in [0.1, 0.15) is 5.56 Å². The molecule has 1 aliphatic rings. The minimum atomic E-state index is -0.448. The van der Waals surface area contributed by atoms with Crippen molar-refractivity contribution in [2.24, 2.45) is 0 Å². The molecular formula is C18H17N3O4. The summed E-state index contributed by atoms with van der Waals surface area (Å²) >= 11 is 0. The van der Waals surface area contributed by atoms with Crippen molar-refractivity contribution >= 4 is 17.5 Å². The number of aromatic nitrogens is 1. The van der Waals surface area contributed by atoms with E-state index < -0.39 is 11.8 Å². The van der Waals surface area contributed by atoms with Crippen molar-refractivity contribution in [2.45, 2.75) is 6.61 Å². The highest BCUT2D eigenvalue weighted by molar-refractivity contribution is 6.17. The molecule has 2 heterocycles. The summed E-state index contributed by atoms with van der Waals surface area (Å²) in [6.45, 7) is 0.136. The van der Waals surface area contributed by atoms with Crippen LogP contribution in [0.5, 0.6) is 5.75 Å². The van der Waals surface area contributed by atoms with Gasteiger partial charge in [0.05, 0.1) is 13.2 Å². The SMILES string of the molecule is O=C1C=C(Nc2ccc(OCc3cccnc3)cc2)C(=O)N1CCO. The summed E-state index contributed by atoms with van der Waals surface area (Å²) in [5.74, 6) is -0.201. The molecule has 2 N–H and O–H groups in total. The third kappa shape index (κ3) is 4.02. The molecule has 0 radical (unpaired) electrons. The highest BCUT2D eigenvalue weighted by Gasteiger charge is 2.30. The smallest absolute Gasteiger partial charge is 0.277 e. The first-order valence-electron chi connectivity index (χ1n) is 7.74. The van der Waals surface area contributed by atoms with Gasteiger partial charge in [0.25, 0.3) is 11.8 Å². The van der Waals surface area contributed by atoms with E-state index >= 15 is 0 Å². The first-order valence-corrected chi connectivity index (χ1v) is 7.74. The number of aliphatic hydroxyl groups is 1. The van der Waals surface area contributed by atoms with Crippen LogP contribution in [0.3, 0.4) is 0 Å². The number of aliphatic hydroxyl groups excluding tert-OH is 1. The maximum Gasteiger partial charge on any atom is 0.277 e. The molecule has 0 saturated carbocycles. The van der Waals surface area contributed by atoms with Crippen molar-refractivity contribution in [1.82, 2.24) is 9.88 Å². The zero-order valence-electron chi connectivity index (χ0n) is 13.4. The highest BCUT2D eigenvalue weighted by atomic mass is 16.5. The number of carbonyl (C=O) groups excluding carboxylic acids is 2. The fourth-order valence-corrected chi connectivity index (χ4v) is 2.35. The molecule has 0 unspecified atom stereocenters. The van der Waals surface area contributed by atoms with E-state index in [1.54, 1.807) is 36.7 Å². The van der Waals surface area contributed by atoms with E-state index in [2.05, 4.69) is 10.3 Å². The van der Waals surface area contributed by atoms with Crippen LogP contribution < -0.4 is 10.1 Å². The Morgan fingerprint density at radius 2 is 1.96 bits per heavy atom. The van der Waals surface area contributed by atoms with E-state index in [1.165, 1.54) is 6.08 Å². The number of carbonyl (C=O) groups is 2.